The molecule has 1 aromatic carbocycles. The summed E-state index contributed by atoms with van der Waals surface area (Å²) < 4.78 is 24.8. The minimum absolute atomic E-state index is 0.141. The highest BCUT2D eigenvalue weighted by Crippen LogP contribution is 2.23. The van der Waals surface area contributed by atoms with Gasteiger partial charge in [0.25, 0.3) is 0 Å². The number of carbonyl (C=O) groups is 1. The molecule has 0 bridgehead atoms. The summed E-state index contributed by atoms with van der Waals surface area (Å²) in [5.74, 6) is -0.369. The van der Waals surface area contributed by atoms with Gasteiger partial charge in [0.05, 0.1) is 12.4 Å². The predicted octanol–water partition coefficient (Wildman–Crippen LogP) is 1.90. The van der Waals surface area contributed by atoms with Crippen molar-refractivity contribution in [3.8, 4) is 0 Å². The third-order valence-electron chi connectivity index (χ3n) is 2.25. The van der Waals surface area contributed by atoms with Gasteiger partial charge in [0.2, 0.25) is 0 Å². The second-order valence-electron chi connectivity index (χ2n) is 3.29. The lowest BCUT2D eigenvalue weighted by Crippen LogP contribution is -2.09. The van der Waals surface area contributed by atoms with E-state index < -0.39 is 16.3 Å². The second kappa shape index (κ2) is 6.40. The second-order valence-corrected chi connectivity index (χ2v) is 4.41. The van der Waals surface area contributed by atoms with Crippen LogP contribution < -0.4 is 0 Å². The van der Waals surface area contributed by atoms with E-state index in [1.165, 1.54) is 7.11 Å². The SMILES string of the molecule is COC(=O)CCC(c1ccccc1)S(=O)O. The highest BCUT2D eigenvalue weighted by atomic mass is 32.2. The lowest BCUT2D eigenvalue weighted by Gasteiger charge is -2.12. The standard InChI is InChI=1S/C11H14O4S/c1-15-11(12)8-7-10(16(13)14)9-5-3-2-4-6-9/h2-6,10H,7-8H2,1H3,(H,13,14). The van der Waals surface area contributed by atoms with Gasteiger partial charge in [0, 0.05) is 6.42 Å². The average Bonchev–Trinajstić information content (AvgIpc) is 2.30. The van der Waals surface area contributed by atoms with E-state index in [9.17, 15) is 13.6 Å². The molecule has 88 valence electrons. The monoisotopic (exact) mass is 242 g/mol. The molecular weight excluding hydrogens is 228 g/mol. The van der Waals surface area contributed by atoms with Crippen molar-refractivity contribution < 1.29 is 18.3 Å². The Labute approximate surface area is 96.9 Å². The van der Waals surface area contributed by atoms with E-state index in [0.29, 0.717) is 6.42 Å². The molecule has 0 aliphatic rings. The Morgan fingerprint density at radius 3 is 2.56 bits per heavy atom. The van der Waals surface area contributed by atoms with Crippen LogP contribution in [0.25, 0.3) is 0 Å². The maximum atomic E-state index is 11.2. The lowest BCUT2D eigenvalue weighted by atomic mass is 10.1. The molecule has 0 spiro atoms. The Morgan fingerprint density at radius 2 is 2.06 bits per heavy atom. The topological polar surface area (TPSA) is 63.6 Å². The molecule has 0 amide bonds. The first-order chi connectivity index (χ1) is 7.65. The van der Waals surface area contributed by atoms with Crippen LogP contribution in [0.4, 0.5) is 0 Å². The maximum Gasteiger partial charge on any atom is 0.305 e. The molecule has 0 saturated carbocycles. The van der Waals surface area contributed by atoms with Crippen molar-refractivity contribution in [3.63, 3.8) is 0 Å². The Balaban J connectivity index is 2.69. The fourth-order valence-corrected chi connectivity index (χ4v) is 2.11. The van der Waals surface area contributed by atoms with E-state index in [1.807, 2.05) is 6.07 Å². The molecule has 0 heterocycles. The molecule has 0 saturated heterocycles. The highest BCUT2D eigenvalue weighted by molar-refractivity contribution is 7.79. The van der Waals surface area contributed by atoms with Crippen LogP contribution in [0.5, 0.6) is 0 Å². The number of rotatable bonds is 5. The Kier molecular flexibility index (Phi) is 5.14. The first-order valence-corrected chi connectivity index (χ1v) is 6.03. The van der Waals surface area contributed by atoms with Crippen molar-refractivity contribution in [3.05, 3.63) is 35.9 Å². The summed E-state index contributed by atoms with van der Waals surface area (Å²) in [7, 11) is 1.30. The number of hydrogen-bond acceptors (Lipinski definition) is 3. The summed E-state index contributed by atoms with van der Waals surface area (Å²) >= 11 is -1.98. The van der Waals surface area contributed by atoms with Gasteiger partial charge in [-0.25, -0.2) is 4.21 Å². The van der Waals surface area contributed by atoms with E-state index in [4.69, 9.17) is 0 Å². The minimum atomic E-state index is -1.98. The zero-order valence-corrected chi connectivity index (χ0v) is 9.78. The molecule has 0 fully saturated rings. The van der Waals surface area contributed by atoms with Gasteiger partial charge in [-0.2, -0.15) is 0 Å². The van der Waals surface area contributed by atoms with Gasteiger partial charge in [-0.05, 0) is 12.0 Å². The van der Waals surface area contributed by atoms with Crippen LogP contribution in [0.15, 0.2) is 30.3 Å². The minimum Gasteiger partial charge on any atom is -0.469 e. The van der Waals surface area contributed by atoms with Gasteiger partial charge >= 0.3 is 5.97 Å². The van der Waals surface area contributed by atoms with E-state index in [0.717, 1.165) is 5.56 Å². The van der Waals surface area contributed by atoms with Crippen molar-refractivity contribution in [2.45, 2.75) is 18.1 Å². The molecule has 0 aliphatic heterocycles. The molecule has 0 aromatic heterocycles. The van der Waals surface area contributed by atoms with Crippen LogP contribution in [-0.2, 0) is 20.6 Å². The molecule has 2 unspecified atom stereocenters. The smallest absolute Gasteiger partial charge is 0.305 e. The fourth-order valence-electron chi connectivity index (χ4n) is 1.40. The number of benzene rings is 1. The third kappa shape index (κ3) is 3.75. The first-order valence-electron chi connectivity index (χ1n) is 4.86. The summed E-state index contributed by atoms with van der Waals surface area (Å²) in [6.07, 6.45) is 0.447. The van der Waals surface area contributed by atoms with Gasteiger partial charge < -0.3 is 9.29 Å². The summed E-state index contributed by atoms with van der Waals surface area (Å²) in [5, 5.41) is -0.541. The maximum absolute atomic E-state index is 11.2. The molecule has 5 heteroatoms. The Bertz CT molecular complexity index is 364. The Hall–Kier alpha value is -1.20. The van der Waals surface area contributed by atoms with Gasteiger partial charge in [0.15, 0.2) is 11.1 Å². The average molecular weight is 242 g/mol. The number of ether oxygens (including phenoxy) is 1. The summed E-state index contributed by atoms with van der Waals surface area (Å²) in [4.78, 5) is 11.0. The quantitative estimate of drug-likeness (QED) is 0.632. The summed E-state index contributed by atoms with van der Waals surface area (Å²) in [6.45, 7) is 0. The highest BCUT2D eigenvalue weighted by Gasteiger charge is 2.18. The van der Waals surface area contributed by atoms with Gasteiger partial charge in [-0.1, -0.05) is 30.3 Å². The normalized spacial score (nSPS) is 14.1. The largest absolute Gasteiger partial charge is 0.469 e. The summed E-state index contributed by atoms with van der Waals surface area (Å²) in [6, 6.07) is 8.98. The molecule has 0 aliphatic carbocycles. The number of hydrogen-bond donors (Lipinski definition) is 1. The molecule has 0 radical (unpaired) electrons. The van der Waals surface area contributed by atoms with Crippen molar-refractivity contribution in [2.24, 2.45) is 0 Å². The fraction of sp³-hybridized carbons (Fsp3) is 0.364. The van der Waals surface area contributed by atoms with E-state index in [1.54, 1.807) is 24.3 Å². The van der Waals surface area contributed by atoms with Crippen molar-refractivity contribution in [1.29, 1.82) is 0 Å². The van der Waals surface area contributed by atoms with E-state index in [2.05, 4.69) is 4.74 Å². The molecule has 1 aromatic rings. The number of methoxy groups -OCH3 is 1. The molecule has 4 nitrogen and oxygen atoms in total. The van der Waals surface area contributed by atoms with E-state index >= 15 is 0 Å². The molecule has 2 atom stereocenters. The van der Waals surface area contributed by atoms with Gasteiger partial charge in [-0.15, -0.1) is 0 Å². The molecular formula is C11H14O4S. The Morgan fingerprint density at radius 1 is 1.44 bits per heavy atom. The predicted molar refractivity (Wildman–Crippen MR) is 61.2 cm³/mol. The molecule has 1 N–H and O–H groups in total. The van der Waals surface area contributed by atoms with Crippen LogP contribution in [0.3, 0.4) is 0 Å². The summed E-state index contributed by atoms with van der Waals surface area (Å²) in [5.41, 5.74) is 0.757. The first kappa shape index (κ1) is 12.9. The number of esters is 1. The van der Waals surface area contributed by atoms with Gasteiger partial charge in [0.1, 0.15) is 0 Å². The van der Waals surface area contributed by atoms with Crippen molar-refractivity contribution >= 4 is 17.0 Å². The van der Waals surface area contributed by atoms with Crippen LogP contribution in [0.1, 0.15) is 23.7 Å². The van der Waals surface area contributed by atoms with Gasteiger partial charge in [-0.3, -0.25) is 4.79 Å². The number of carbonyl (C=O) groups excluding carboxylic acids is 1. The van der Waals surface area contributed by atoms with Crippen LogP contribution in [0, 0.1) is 0 Å². The van der Waals surface area contributed by atoms with Crippen LogP contribution in [-0.4, -0.2) is 21.8 Å². The van der Waals surface area contributed by atoms with Crippen molar-refractivity contribution in [1.82, 2.24) is 0 Å². The van der Waals surface area contributed by atoms with Crippen LogP contribution >= 0.6 is 0 Å². The van der Waals surface area contributed by atoms with Crippen LogP contribution in [0.2, 0.25) is 0 Å². The van der Waals surface area contributed by atoms with E-state index in [-0.39, 0.29) is 12.4 Å². The zero-order chi connectivity index (χ0) is 12.0. The third-order valence-corrected chi connectivity index (χ3v) is 3.25. The lowest BCUT2D eigenvalue weighted by molar-refractivity contribution is -0.140. The van der Waals surface area contributed by atoms with Crippen molar-refractivity contribution in [2.75, 3.05) is 7.11 Å². The zero-order valence-electron chi connectivity index (χ0n) is 8.96. The molecule has 16 heavy (non-hydrogen) atoms. The molecule has 1 rings (SSSR count).